The lowest BCUT2D eigenvalue weighted by atomic mass is 9.90. The zero-order chi connectivity index (χ0) is 10.3. The van der Waals surface area contributed by atoms with Gasteiger partial charge in [-0.2, -0.15) is 9.66 Å². The summed E-state index contributed by atoms with van der Waals surface area (Å²) in [6.07, 6.45) is 7.31. The van der Waals surface area contributed by atoms with Crippen LogP contribution in [0.5, 0.6) is 0 Å². The van der Waals surface area contributed by atoms with Crippen molar-refractivity contribution in [3.63, 3.8) is 0 Å². The van der Waals surface area contributed by atoms with Gasteiger partial charge in [0.25, 0.3) is 0 Å². The molecule has 2 heterocycles. The van der Waals surface area contributed by atoms with E-state index in [1.807, 2.05) is 0 Å². The summed E-state index contributed by atoms with van der Waals surface area (Å²) in [5, 5.41) is 11.0. The normalized spacial score (nSPS) is 21.9. The zero-order valence-electron chi connectivity index (χ0n) is 8.45. The van der Waals surface area contributed by atoms with Crippen molar-refractivity contribution >= 4 is 5.95 Å². The summed E-state index contributed by atoms with van der Waals surface area (Å²) in [4.78, 5) is 7.97. The van der Waals surface area contributed by atoms with Crippen LogP contribution in [-0.2, 0) is 0 Å². The van der Waals surface area contributed by atoms with Gasteiger partial charge in [0.1, 0.15) is 12.0 Å². The van der Waals surface area contributed by atoms with Gasteiger partial charge in [-0.15, -0.1) is 0 Å². The smallest absolute Gasteiger partial charge is 0.245 e. The van der Waals surface area contributed by atoms with E-state index in [1.165, 1.54) is 25.6 Å². The van der Waals surface area contributed by atoms with Crippen molar-refractivity contribution < 1.29 is 0 Å². The molecule has 1 aliphatic heterocycles. The highest BCUT2D eigenvalue weighted by Crippen LogP contribution is 2.32. The first-order chi connectivity index (χ1) is 7.29. The summed E-state index contributed by atoms with van der Waals surface area (Å²) in [6.45, 7) is 0. The molecule has 1 aromatic rings. The standard InChI is InChI=1S/C9H14N6/c10-7-11-6-12-8-13-9(14-15(7)8)4-2-1-3-5-9/h6,14H,1-5H2,(H2,10,11,12,13). The summed E-state index contributed by atoms with van der Waals surface area (Å²) in [7, 11) is 0. The van der Waals surface area contributed by atoms with Gasteiger partial charge < -0.3 is 5.32 Å². The molecule has 0 saturated heterocycles. The van der Waals surface area contributed by atoms with Crippen molar-refractivity contribution in [2.24, 2.45) is 0 Å². The number of hydrogen-bond acceptors (Lipinski definition) is 5. The van der Waals surface area contributed by atoms with Gasteiger partial charge in [0.05, 0.1) is 0 Å². The molecule has 2 aliphatic rings. The van der Waals surface area contributed by atoms with Crippen molar-refractivity contribution in [2.45, 2.75) is 37.8 Å². The molecule has 6 heteroatoms. The molecule has 0 bridgehead atoms. The lowest BCUT2D eigenvalue weighted by molar-refractivity contribution is 0.351. The van der Waals surface area contributed by atoms with Crippen LogP contribution in [0.15, 0.2) is 6.33 Å². The Kier molecular flexibility index (Phi) is 1.71. The van der Waals surface area contributed by atoms with Crippen LogP contribution < -0.4 is 16.4 Å². The third-order valence-corrected chi connectivity index (χ3v) is 3.17. The second-order valence-corrected chi connectivity index (χ2v) is 4.24. The van der Waals surface area contributed by atoms with E-state index in [0.29, 0.717) is 5.95 Å². The first-order valence-corrected chi connectivity index (χ1v) is 5.34. The summed E-state index contributed by atoms with van der Waals surface area (Å²) in [6, 6.07) is 0. The maximum absolute atomic E-state index is 7.66. The van der Waals surface area contributed by atoms with E-state index < -0.39 is 0 Å². The van der Waals surface area contributed by atoms with Gasteiger partial charge in [-0.3, -0.25) is 10.8 Å². The molecule has 80 valence electrons. The molecule has 1 fully saturated rings. The number of fused-ring (bicyclic) bond motifs is 1. The lowest BCUT2D eigenvalue weighted by Gasteiger charge is -2.33. The first-order valence-electron chi connectivity index (χ1n) is 5.34. The number of nitrogens with one attached hydrogen (secondary N) is 3. The zero-order valence-corrected chi connectivity index (χ0v) is 8.45. The molecule has 1 saturated carbocycles. The summed E-state index contributed by atoms with van der Waals surface area (Å²) in [5.74, 6) is 0.705. The van der Waals surface area contributed by atoms with Gasteiger partial charge in [0.15, 0.2) is 0 Å². The monoisotopic (exact) mass is 206 g/mol. The molecule has 3 N–H and O–H groups in total. The molecular formula is C9H14N6. The van der Waals surface area contributed by atoms with E-state index in [2.05, 4.69) is 20.7 Å². The topological polar surface area (TPSA) is 78.6 Å². The number of anilines is 1. The minimum Gasteiger partial charge on any atom is -0.330 e. The Balaban J connectivity index is 1.97. The van der Waals surface area contributed by atoms with Crippen molar-refractivity contribution in [1.82, 2.24) is 14.6 Å². The third-order valence-electron chi connectivity index (χ3n) is 3.17. The number of hydrogen-bond donors (Lipinski definition) is 3. The van der Waals surface area contributed by atoms with E-state index >= 15 is 0 Å². The molecule has 15 heavy (non-hydrogen) atoms. The predicted molar refractivity (Wildman–Crippen MR) is 54.7 cm³/mol. The van der Waals surface area contributed by atoms with Crippen LogP contribution in [0.2, 0.25) is 0 Å². The van der Waals surface area contributed by atoms with Crippen molar-refractivity contribution in [3.05, 3.63) is 11.9 Å². The van der Waals surface area contributed by atoms with Crippen LogP contribution in [0.1, 0.15) is 32.1 Å². The van der Waals surface area contributed by atoms with Crippen LogP contribution in [0.3, 0.4) is 0 Å². The molecule has 0 radical (unpaired) electrons. The highest BCUT2D eigenvalue weighted by Gasteiger charge is 2.38. The summed E-state index contributed by atoms with van der Waals surface area (Å²) in [5.41, 5.74) is 3.43. The molecule has 1 aliphatic carbocycles. The fraction of sp³-hybridized carbons (Fsp3) is 0.667. The van der Waals surface area contributed by atoms with E-state index in [4.69, 9.17) is 5.41 Å². The third kappa shape index (κ3) is 1.28. The Bertz CT molecular complexity index is 430. The molecule has 1 aromatic heterocycles. The van der Waals surface area contributed by atoms with Crippen LogP contribution in [0.4, 0.5) is 5.95 Å². The minimum absolute atomic E-state index is 0.0862. The Labute approximate surface area is 87.2 Å². The largest absolute Gasteiger partial charge is 0.330 e. The molecule has 6 nitrogen and oxygen atoms in total. The van der Waals surface area contributed by atoms with Crippen LogP contribution in [0, 0.1) is 5.41 Å². The fourth-order valence-electron chi connectivity index (χ4n) is 2.40. The van der Waals surface area contributed by atoms with Crippen LogP contribution >= 0.6 is 0 Å². The minimum atomic E-state index is -0.0862. The summed E-state index contributed by atoms with van der Waals surface area (Å²) >= 11 is 0. The molecule has 0 atom stereocenters. The Morgan fingerprint density at radius 2 is 2.07 bits per heavy atom. The average Bonchev–Trinajstić information content (AvgIpc) is 2.59. The predicted octanol–water partition coefficient (Wildman–Crippen LogP) is 0.387. The first kappa shape index (κ1) is 8.70. The van der Waals surface area contributed by atoms with E-state index in [9.17, 15) is 0 Å². The van der Waals surface area contributed by atoms with Gasteiger partial charge in [-0.05, 0) is 25.7 Å². The second kappa shape index (κ2) is 2.95. The van der Waals surface area contributed by atoms with Gasteiger partial charge >= 0.3 is 0 Å². The molecule has 3 rings (SSSR count). The van der Waals surface area contributed by atoms with Crippen LogP contribution in [-0.4, -0.2) is 20.3 Å². The number of nitrogens with zero attached hydrogens (tertiary/aromatic N) is 3. The Hall–Kier alpha value is -1.59. The molecule has 0 amide bonds. The van der Waals surface area contributed by atoms with Crippen molar-refractivity contribution in [3.8, 4) is 0 Å². The quantitative estimate of drug-likeness (QED) is 0.573. The van der Waals surface area contributed by atoms with Gasteiger partial charge in [0.2, 0.25) is 11.6 Å². The Morgan fingerprint density at radius 3 is 2.80 bits per heavy atom. The van der Waals surface area contributed by atoms with Crippen molar-refractivity contribution in [2.75, 3.05) is 10.7 Å². The van der Waals surface area contributed by atoms with Crippen LogP contribution in [0.25, 0.3) is 0 Å². The number of aromatic nitrogens is 3. The van der Waals surface area contributed by atoms with Gasteiger partial charge in [-0.25, -0.2) is 4.98 Å². The number of rotatable bonds is 0. The SMILES string of the molecule is N=c1ncnc2n1NC1(CCCCC1)N2. The maximum atomic E-state index is 7.66. The maximum Gasteiger partial charge on any atom is 0.245 e. The van der Waals surface area contributed by atoms with Crippen molar-refractivity contribution in [1.29, 1.82) is 5.41 Å². The highest BCUT2D eigenvalue weighted by molar-refractivity contribution is 5.38. The molecular weight excluding hydrogens is 192 g/mol. The van der Waals surface area contributed by atoms with E-state index in [1.54, 1.807) is 4.68 Å². The van der Waals surface area contributed by atoms with Gasteiger partial charge in [0, 0.05) is 0 Å². The summed E-state index contributed by atoms with van der Waals surface area (Å²) < 4.78 is 1.63. The second-order valence-electron chi connectivity index (χ2n) is 4.24. The van der Waals surface area contributed by atoms with E-state index in [-0.39, 0.29) is 11.3 Å². The molecule has 1 spiro atoms. The Morgan fingerprint density at radius 1 is 1.27 bits per heavy atom. The average molecular weight is 206 g/mol. The fourth-order valence-corrected chi connectivity index (χ4v) is 2.40. The lowest BCUT2D eigenvalue weighted by Crippen LogP contribution is -2.46. The molecule has 0 unspecified atom stereocenters. The van der Waals surface area contributed by atoms with E-state index in [0.717, 1.165) is 12.8 Å². The highest BCUT2D eigenvalue weighted by atomic mass is 15.6. The van der Waals surface area contributed by atoms with Gasteiger partial charge in [-0.1, -0.05) is 6.42 Å². The molecule has 0 aromatic carbocycles.